The van der Waals surface area contributed by atoms with Gasteiger partial charge in [-0.05, 0) is 120 Å². The van der Waals surface area contributed by atoms with E-state index >= 15 is 0 Å². The lowest BCUT2D eigenvalue weighted by Crippen LogP contribution is -2.28. The summed E-state index contributed by atoms with van der Waals surface area (Å²) < 4.78 is 4.74. The van der Waals surface area contributed by atoms with Crippen molar-refractivity contribution >= 4 is 44.5 Å². The van der Waals surface area contributed by atoms with Crippen LogP contribution in [0.3, 0.4) is 0 Å². The van der Waals surface area contributed by atoms with Crippen LogP contribution in [0.4, 0.5) is 0 Å². The SMILES string of the molecule is Cc1cc(-c2cc(-c3ccc(-n4c5ccccc5c5ccccc54)c(C)c3)cc(-c3nc(-c4ccccc4)nc(-c4ccccc4)n3)c2)ccc1-n1c2c(c3ccccc31)=C=C=CC=2. The zero-order chi connectivity index (χ0) is 42.7. The molecule has 0 unspecified atom stereocenters. The van der Waals surface area contributed by atoms with Gasteiger partial charge in [-0.2, -0.15) is 0 Å². The number of hydrogen-bond donors (Lipinski definition) is 0. The average Bonchev–Trinajstić information content (AvgIpc) is 3.87. The summed E-state index contributed by atoms with van der Waals surface area (Å²) in [4.78, 5) is 15.4. The lowest BCUT2D eigenvalue weighted by Gasteiger charge is -2.16. The maximum absolute atomic E-state index is 5.18. The Morgan fingerprint density at radius 1 is 0.375 bits per heavy atom. The number of hydrogen-bond acceptors (Lipinski definition) is 3. The van der Waals surface area contributed by atoms with Gasteiger partial charge in [0.15, 0.2) is 17.5 Å². The quantitative estimate of drug-likeness (QED) is 0.151. The summed E-state index contributed by atoms with van der Waals surface area (Å²) in [6.45, 7) is 4.41. The van der Waals surface area contributed by atoms with E-state index in [0.29, 0.717) is 17.5 Å². The number of allylic oxidation sites excluding steroid dienone is 1. The zero-order valence-corrected chi connectivity index (χ0v) is 35.3. The highest BCUT2D eigenvalue weighted by atomic mass is 15.0. The van der Waals surface area contributed by atoms with Gasteiger partial charge in [-0.25, -0.2) is 15.0 Å². The predicted molar refractivity (Wildman–Crippen MR) is 263 cm³/mol. The summed E-state index contributed by atoms with van der Waals surface area (Å²) in [6.07, 6.45) is 4.07. The molecule has 5 nitrogen and oxygen atoms in total. The Hall–Kier alpha value is -8.59. The van der Waals surface area contributed by atoms with Crippen LogP contribution < -0.4 is 10.6 Å². The normalized spacial score (nSPS) is 11.8. The molecular formula is C59H39N5. The van der Waals surface area contributed by atoms with E-state index in [1.807, 2.05) is 42.5 Å². The molecule has 0 amide bonds. The van der Waals surface area contributed by atoms with Gasteiger partial charge < -0.3 is 9.13 Å². The molecule has 0 saturated heterocycles. The summed E-state index contributed by atoms with van der Waals surface area (Å²) in [5, 5.41) is 5.84. The van der Waals surface area contributed by atoms with E-state index in [9.17, 15) is 0 Å². The van der Waals surface area contributed by atoms with Gasteiger partial charge in [-0.15, -0.1) is 0 Å². The first kappa shape index (κ1) is 37.2. The van der Waals surface area contributed by atoms with Crippen molar-refractivity contribution in [2.75, 3.05) is 0 Å². The van der Waals surface area contributed by atoms with E-state index < -0.39 is 0 Å². The highest BCUT2D eigenvalue weighted by molar-refractivity contribution is 6.09. The molecule has 300 valence electrons. The summed E-state index contributed by atoms with van der Waals surface area (Å²) in [7, 11) is 0. The number of aryl methyl sites for hydroxylation is 2. The minimum Gasteiger partial charge on any atom is -0.309 e. The van der Waals surface area contributed by atoms with Crippen molar-refractivity contribution in [2.45, 2.75) is 13.8 Å². The van der Waals surface area contributed by atoms with Crippen molar-refractivity contribution < 1.29 is 0 Å². The van der Waals surface area contributed by atoms with E-state index in [4.69, 9.17) is 15.0 Å². The maximum atomic E-state index is 5.18. The Morgan fingerprint density at radius 3 is 1.34 bits per heavy atom. The van der Waals surface area contributed by atoms with Gasteiger partial charge in [0, 0.05) is 44.2 Å². The fourth-order valence-electron chi connectivity index (χ4n) is 9.42. The molecule has 0 N–H and O–H groups in total. The van der Waals surface area contributed by atoms with Crippen molar-refractivity contribution in [3.05, 3.63) is 222 Å². The second kappa shape index (κ2) is 15.1. The molecule has 8 aromatic carbocycles. The molecule has 0 saturated carbocycles. The molecule has 64 heavy (non-hydrogen) atoms. The van der Waals surface area contributed by atoms with E-state index in [1.165, 1.54) is 27.4 Å². The molecular weight excluding hydrogens is 779 g/mol. The standard InChI is InChI=1S/C59H39N5/c1-38-33-42(29-31-51(38)63-53-25-13-9-21-47(53)48-22-10-14-26-54(48)63)44-35-45(43-30-32-52(39(2)34-43)64-55-27-15-11-23-49(55)50-24-12-16-28-56(50)64)37-46(36-44)59-61-57(40-17-5-3-6-18-40)60-58(62-59)41-19-7-4-8-20-41/h3-11,13-23,25-37H,1-2H3. The number of aromatic nitrogens is 5. The van der Waals surface area contributed by atoms with E-state index in [1.54, 1.807) is 0 Å². The largest absolute Gasteiger partial charge is 0.309 e. The molecule has 0 fully saturated rings. The molecule has 3 heterocycles. The van der Waals surface area contributed by atoms with Crippen LogP contribution in [0, 0.1) is 13.8 Å². The fourth-order valence-corrected chi connectivity index (χ4v) is 9.42. The number of benzene rings is 8. The van der Waals surface area contributed by atoms with E-state index in [0.717, 1.165) is 77.4 Å². The second-order valence-corrected chi connectivity index (χ2v) is 16.4. The van der Waals surface area contributed by atoms with Gasteiger partial charge in [-0.1, -0.05) is 139 Å². The highest BCUT2D eigenvalue weighted by Crippen LogP contribution is 2.38. The van der Waals surface area contributed by atoms with Crippen LogP contribution in [0.5, 0.6) is 0 Å². The second-order valence-electron chi connectivity index (χ2n) is 16.4. The highest BCUT2D eigenvalue weighted by Gasteiger charge is 2.18. The zero-order valence-electron chi connectivity index (χ0n) is 35.3. The van der Waals surface area contributed by atoms with Crippen LogP contribution in [0.15, 0.2) is 200 Å². The fraction of sp³-hybridized carbons (Fsp3) is 0.0339. The maximum Gasteiger partial charge on any atom is 0.164 e. The van der Waals surface area contributed by atoms with E-state index in [2.05, 4.69) is 192 Å². The number of nitrogens with zero attached hydrogens (tertiary/aromatic N) is 5. The first-order valence-corrected chi connectivity index (χ1v) is 21.6. The third kappa shape index (κ3) is 6.23. The molecule has 3 aromatic heterocycles. The Bertz CT molecular complexity index is 3770. The van der Waals surface area contributed by atoms with Gasteiger partial charge in [-0.3, -0.25) is 0 Å². The Balaban J connectivity index is 1.05. The molecule has 11 aromatic rings. The van der Waals surface area contributed by atoms with Crippen LogP contribution in [0.2, 0.25) is 0 Å². The first-order valence-electron chi connectivity index (χ1n) is 21.6. The molecule has 1 aliphatic rings. The summed E-state index contributed by atoms with van der Waals surface area (Å²) in [5.41, 5.74) is 21.8. The molecule has 0 radical (unpaired) electrons. The van der Waals surface area contributed by atoms with Crippen molar-refractivity contribution in [2.24, 2.45) is 0 Å². The van der Waals surface area contributed by atoms with Crippen LogP contribution >= 0.6 is 0 Å². The number of rotatable bonds is 7. The molecule has 1 aliphatic carbocycles. The summed E-state index contributed by atoms with van der Waals surface area (Å²) in [6, 6.07) is 66.5. The molecule has 0 spiro atoms. The minimum atomic E-state index is 0.612. The van der Waals surface area contributed by atoms with Crippen LogP contribution in [0.25, 0.3) is 112 Å². The van der Waals surface area contributed by atoms with Crippen LogP contribution in [-0.4, -0.2) is 24.1 Å². The molecule has 0 bridgehead atoms. The molecule has 5 heteroatoms. The van der Waals surface area contributed by atoms with Gasteiger partial charge in [0.25, 0.3) is 0 Å². The smallest absolute Gasteiger partial charge is 0.164 e. The third-order valence-electron chi connectivity index (χ3n) is 12.4. The first-order chi connectivity index (χ1) is 31.6. The van der Waals surface area contributed by atoms with Gasteiger partial charge in [0.1, 0.15) is 0 Å². The van der Waals surface area contributed by atoms with Crippen molar-refractivity contribution in [3.63, 3.8) is 0 Å². The number of fused-ring (bicyclic) bond motifs is 6. The third-order valence-corrected chi connectivity index (χ3v) is 12.4. The van der Waals surface area contributed by atoms with Crippen molar-refractivity contribution in [1.82, 2.24) is 24.1 Å². The summed E-state index contributed by atoms with van der Waals surface area (Å²) in [5.74, 6) is 1.87. The Morgan fingerprint density at radius 2 is 0.812 bits per heavy atom. The Kier molecular flexibility index (Phi) is 8.77. The van der Waals surface area contributed by atoms with E-state index in [-0.39, 0.29) is 0 Å². The van der Waals surface area contributed by atoms with Crippen LogP contribution in [-0.2, 0) is 0 Å². The lowest BCUT2D eigenvalue weighted by molar-refractivity contribution is 1.05. The number of para-hydroxylation sites is 3. The van der Waals surface area contributed by atoms with Gasteiger partial charge in [0.2, 0.25) is 0 Å². The van der Waals surface area contributed by atoms with Crippen LogP contribution in [0.1, 0.15) is 11.1 Å². The van der Waals surface area contributed by atoms with Crippen molar-refractivity contribution in [1.29, 1.82) is 0 Å². The monoisotopic (exact) mass is 817 g/mol. The minimum absolute atomic E-state index is 0.612. The molecule has 0 aliphatic heterocycles. The topological polar surface area (TPSA) is 48.5 Å². The average molecular weight is 818 g/mol. The predicted octanol–water partition coefficient (Wildman–Crippen LogP) is 12.7. The molecule has 0 atom stereocenters. The van der Waals surface area contributed by atoms with Gasteiger partial charge in [0.05, 0.1) is 27.1 Å². The summed E-state index contributed by atoms with van der Waals surface area (Å²) >= 11 is 0. The Labute approximate surface area is 370 Å². The van der Waals surface area contributed by atoms with Gasteiger partial charge >= 0.3 is 0 Å². The molecule has 12 rings (SSSR count). The lowest BCUT2D eigenvalue weighted by atomic mass is 9.93. The van der Waals surface area contributed by atoms with Crippen molar-refractivity contribution in [3.8, 4) is 67.8 Å².